The number of allylic oxidation sites excluding steroid dienone is 4. The molecule has 0 aromatic carbocycles. The van der Waals surface area contributed by atoms with Crippen LogP contribution in [0.15, 0.2) is 24.3 Å². The summed E-state index contributed by atoms with van der Waals surface area (Å²) in [6, 6.07) is 0. The fraction of sp³-hybridized carbons (Fsp3) is 0.891. The van der Waals surface area contributed by atoms with E-state index in [4.69, 9.17) is 18.5 Å². The lowest BCUT2D eigenvalue weighted by molar-refractivity contribution is -0.870. The highest BCUT2D eigenvalue weighted by Crippen LogP contribution is 2.38. The number of hydrogen-bond donors (Lipinski definition) is 0. The standard InChI is InChI=1S/C55H106NO8P/c1-6-8-10-12-14-16-18-20-21-22-23-24-25-26-27-28-29-30-31-32-33-34-35-36-38-40-42-44-46-48-55(58)64-53(52-63-65(59,60)62-50-49-56(3,4)5)51-61-54(57)47-45-43-41-39-37-19-17-15-13-11-9-7-2/h15,17,22-23,53H,6-14,16,18-21,24-52H2,1-5H3/b17-15-,23-22-. The third-order valence-electron chi connectivity index (χ3n) is 12.2. The van der Waals surface area contributed by atoms with Crippen molar-refractivity contribution >= 4 is 19.8 Å². The molecule has 0 radical (unpaired) electrons. The molecule has 0 N–H and O–H groups in total. The number of nitrogens with zero attached hydrogens (tertiary/aromatic N) is 1. The van der Waals surface area contributed by atoms with Crippen LogP contribution in [0.2, 0.25) is 0 Å². The Hall–Kier alpha value is -1.51. The monoisotopic (exact) mass is 940 g/mol. The fourth-order valence-electron chi connectivity index (χ4n) is 7.88. The number of quaternary nitrogens is 1. The summed E-state index contributed by atoms with van der Waals surface area (Å²) in [5.74, 6) is -0.834. The van der Waals surface area contributed by atoms with Crippen molar-refractivity contribution in [1.29, 1.82) is 0 Å². The molecule has 9 nitrogen and oxygen atoms in total. The zero-order chi connectivity index (χ0) is 47.8. The molecule has 2 unspecified atom stereocenters. The highest BCUT2D eigenvalue weighted by atomic mass is 31.2. The second kappa shape index (κ2) is 47.6. The Labute approximate surface area is 402 Å². The van der Waals surface area contributed by atoms with E-state index in [1.165, 1.54) is 180 Å². The molecule has 384 valence electrons. The van der Waals surface area contributed by atoms with Gasteiger partial charge in [-0.25, -0.2) is 0 Å². The predicted molar refractivity (Wildman–Crippen MR) is 273 cm³/mol. The lowest BCUT2D eigenvalue weighted by Gasteiger charge is -2.28. The molecule has 0 amide bonds. The summed E-state index contributed by atoms with van der Waals surface area (Å²) in [6.45, 7) is 4.23. The highest BCUT2D eigenvalue weighted by molar-refractivity contribution is 7.45. The molecule has 0 aliphatic carbocycles. The van der Waals surface area contributed by atoms with Crippen molar-refractivity contribution in [1.82, 2.24) is 0 Å². The Bertz CT molecular complexity index is 1150. The largest absolute Gasteiger partial charge is 0.756 e. The molecule has 0 aliphatic rings. The maximum absolute atomic E-state index is 12.8. The summed E-state index contributed by atoms with van der Waals surface area (Å²) in [4.78, 5) is 37.7. The number of phosphoric ester groups is 1. The number of likely N-dealkylation sites (N-methyl/N-ethyl adjacent to an activating group) is 1. The zero-order valence-electron chi connectivity index (χ0n) is 43.5. The molecule has 0 saturated carbocycles. The van der Waals surface area contributed by atoms with Crippen LogP contribution in [-0.2, 0) is 32.7 Å². The summed E-state index contributed by atoms with van der Waals surface area (Å²) in [5.41, 5.74) is 0. The average molecular weight is 940 g/mol. The normalized spacial score (nSPS) is 13.5. The first-order valence-electron chi connectivity index (χ1n) is 27.5. The molecule has 2 atom stereocenters. The summed E-state index contributed by atoms with van der Waals surface area (Å²) < 4.78 is 34.0. The molecular weight excluding hydrogens is 834 g/mol. The van der Waals surface area contributed by atoms with Crippen LogP contribution in [-0.4, -0.2) is 70.0 Å². The quantitative estimate of drug-likeness (QED) is 0.0195. The second-order valence-electron chi connectivity index (χ2n) is 19.9. The van der Waals surface area contributed by atoms with Gasteiger partial charge in [-0.15, -0.1) is 0 Å². The summed E-state index contributed by atoms with van der Waals surface area (Å²) in [6.07, 6.45) is 55.2. The van der Waals surface area contributed by atoms with Crippen LogP contribution in [0.1, 0.15) is 264 Å². The maximum atomic E-state index is 12.8. The number of unbranched alkanes of at least 4 members (excludes halogenated alkanes) is 33. The van der Waals surface area contributed by atoms with E-state index < -0.39 is 26.5 Å². The van der Waals surface area contributed by atoms with Gasteiger partial charge in [-0.05, 0) is 64.2 Å². The van der Waals surface area contributed by atoms with Crippen molar-refractivity contribution in [2.45, 2.75) is 270 Å². The Morgan fingerprint density at radius 1 is 0.462 bits per heavy atom. The van der Waals surface area contributed by atoms with Crippen LogP contribution in [0.4, 0.5) is 0 Å². The number of esters is 2. The van der Waals surface area contributed by atoms with E-state index in [1.807, 2.05) is 21.1 Å². The summed E-state index contributed by atoms with van der Waals surface area (Å²) >= 11 is 0. The number of carbonyl (C=O) groups is 2. The molecule has 0 heterocycles. The number of ether oxygens (including phenoxy) is 2. The summed E-state index contributed by atoms with van der Waals surface area (Å²) in [7, 11) is 1.17. The van der Waals surface area contributed by atoms with Crippen molar-refractivity contribution < 1.29 is 42.1 Å². The van der Waals surface area contributed by atoms with Gasteiger partial charge in [0, 0.05) is 12.8 Å². The topological polar surface area (TPSA) is 111 Å². The van der Waals surface area contributed by atoms with Crippen LogP contribution in [0.3, 0.4) is 0 Å². The summed E-state index contributed by atoms with van der Waals surface area (Å²) in [5, 5.41) is 0. The first kappa shape index (κ1) is 63.5. The fourth-order valence-corrected chi connectivity index (χ4v) is 8.61. The van der Waals surface area contributed by atoms with Gasteiger partial charge in [0.1, 0.15) is 19.8 Å². The third kappa shape index (κ3) is 51.7. The van der Waals surface area contributed by atoms with E-state index in [-0.39, 0.29) is 32.0 Å². The highest BCUT2D eigenvalue weighted by Gasteiger charge is 2.21. The Morgan fingerprint density at radius 3 is 1.17 bits per heavy atom. The van der Waals surface area contributed by atoms with Gasteiger partial charge in [-0.2, -0.15) is 0 Å². The van der Waals surface area contributed by atoms with Crippen molar-refractivity contribution in [3.63, 3.8) is 0 Å². The van der Waals surface area contributed by atoms with Crippen LogP contribution >= 0.6 is 7.82 Å². The minimum Gasteiger partial charge on any atom is -0.756 e. The molecule has 0 aliphatic heterocycles. The van der Waals surface area contributed by atoms with Crippen LogP contribution in [0.25, 0.3) is 0 Å². The van der Waals surface area contributed by atoms with E-state index >= 15 is 0 Å². The maximum Gasteiger partial charge on any atom is 0.306 e. The molecule has 0 bridgehead atoms. The number of rotatable bonds is 51. The third-order valence-corrected chi connectivity index (χ3v) is 13.2. The molecule has 10 heteroatoms. The minimum atomic E-state index is -4.63. The lowest BCUT2D eigenvalue weighted by atomic mass is 10.0. The molecule has 0 aromatic heterocycles. The minimum absolute atomic E-state index is 0.0299. The first-order chi connectivity index (χ1) is 31.5. The van der Waals surface area contributed by atoms with Crippen molar-refractivity contribution in [2.75, 3.05) is 47.5 Å². The van der Waals surface area contributed by atoms with Crippen LogP contribution < -0.4 is 4.89 Å². The smallest absolute Gasteiger partial charge is 0.306 e. The van der Waals surface area contributed by atoms with Crippen molar-refractivity contribution in [3.05, 3.63) is 24.3 Å². The van der Waals surface area contributed by atoms with E-state index in [0.29, 0.717) is 17.4 Å². The number of hydrogen-bond acceptors (Lipinski definition) is 8. The zero-order valence-corrected chi connectivity index (χ0v) is 44.3. The lowest BCUT2D eigenvalue weighted by Crippen LogP contribution is -2.37. The molecule has 0 fully saturated rings. The number of phosphoric acid groups is 1. The average Bonchev–Trinajstić information content (AvgIpc) is 3.26. The van der Waals surface area contributed by atoms with E-state index in [1.54, 1.807) is 0 Å². The Morgan fingerprint density at radius 2 is 0.785 bits per heavy atom. The number of carbonyl (C=O) groups excluding carboxylic acids is 2. The van der Waals surface area contributed by atoms with Gasteiger partial charge in [0.25, 0.3) is 7.82 Å². The SMILES string of the molecule is CCCCC/C=C\CCCCCCCC(=O)OCC(COP(=O)([O-])OCC[N+](C)(C)C)OC(=O)CCCCCCCCCCCCCCCCCCC/C=C\CCCCCCCCCC. The van der Waals surface area contributed by atoms with Gasteiger partial charge in [0.05, 0.1) is 27.7 Å². The molecule has 0 spiro atoms. The van der Waals surface area contributed by atoms with Gasteiger partial charge in [-0.3, -0.25) is 14.2 Å². The molecule has 0 rings (SSSR count). The van der Waals surface area contributed by atoms with Gasteiger partial charge < -0.3 is 27.9 Å². The predicted octanol–water partition coefficient (Wildman–Crippen LogP) is 16.0. The molecular formula is C55H106NO8P. The van der Waals surface area contributed by atoms with Crippen molar-refractivity contribution in [2.24, 2.45) is 0 Å². The van der Waals surface area contributed by atoms with Gasteiger partial charge in [-0.1, -0.05) is 212 Å². The second-order valence-corrected chi connectivity index (χ2v) is 21.4. The van der Waals surface area contributed by atoms with Gasteiger partial charge in [0.2, 0.25) is 0 Å². The van der Waals surface area contributed by atoms with Crippen LogP contribution in [0.5, 0.6) is 0 Å². The first-order valence-corrected chi connectivity index (χ1v) is 29.0. The van der Waals surface area contributed by atoms with Gasteiger partial charge in [0.15, 0.2) is 6.10 Å². The van der Waals surface area contributed by atoms with E-state index in [9.17, 15) is 19.0 Å². The van der Waals surface area contributed by atoms with E-state index in [2.05, 4.69) is 38.2 Å². The van der Waals surface area contributed by atoms with E-state index in [0.717, 1.165) is 51.4 Å². The Kier molecular flexibility index (Phi) is 46.4. The molecule has 65 heavy (non-hydrogen) atoms. The van der Waals surface area contributed by atoms with Crippen LogP contribution in [0, 0.1) is 0 Å². The van der Waals surface area contributed by atoms with Crippen molar-refractivity contribution in [3.8, 4) is 0 Å². The van der Waals surface area contributed by atoms with Gasteiger partial charge >= 0.3 is 11.9 Å². The Balaban J connectivity index is 4.04. The molecule has 0 aromatic rings. The molecule has 0 saturated heterocycles.